The summed E-state index contributed by atoms with van der Waals surface area (Å²) in [7, 11) is 0. The number of hydrogen-bond acceptors (Lipinski definition) is 3. The zero-order valence-electron chi connectivity index (χ0n) is 14.9. The van der Waals surface area contributed by atoms with E-state index in [2.05, 4.69) is 18.7 Å². The minimum Gasteiger partial charge on any atom is -0.369 e. The van der Waals surface area contributed by atoms with E-state index >= 15 is 0 Å². The number of carbonyl (C=O) groups excluding carboxylic acids is 2. The third-order valence-corrected chi connectivity index (χ3v) is 5.09. The first-order valence-corrected chi connectivity index (χ1v) is 9.35. The van der Waals surface area contributed by atoms with Crippen LogP contribution in [-0.4, -0.2) is 35.8 Å². The van der Waals surface area contributed by atoms with Crippen LogP contribution in [0.15, 0.2) is 0 Å². The van der Waals surface area contributed by atoms with Crippen LogP contribution in [0.5, 0.6) is 0 Å². The lowest BCUT2D eigenvalue weighted by atomic mass is 9.87. The first-order chi connectivity index (χ1) is 11.0. The molecule has 5 nitrogen and oxygen atoms in total. The van der Waals surface area contributed by atoms with Crippen molar-refractivity contribution in [2.24, 2.45) is 23.3 Å². The fourth-order valence-corrected chi connectivity index (χ4v) is 3.79. The number of nitrogens with zero attached hydrogens (tertiary/aromatic N) is 1. The zero-order chi connectivity index (χ0) is 17.2. The van der Waals surface area contributed by atoms with E-state index in [1.54, 1.807) is 0 Å². The lowest BCUT2D eigenvalue weighted by Gasteiger charge is -2.27. The summed E-state index contributed by atoms with van der Waals surface area (Å²) in [4.78, 5) is 26.0. The van der Waals surface area contributed by atoms with Gasteiger partial charge in [-0.1, -0.05) is 58.8 Å². The van der Waals surface area contributed by atoms with Gasteiger partial charge in [0.1, 0.15) is 0 Å². The number of hydrogen-bond donors (Lipinski definition) is 2. The van der Waals surface area contributed by atoms with Crippen LogP contribution in [0, 0.1) is 11.8 Å². The molecule has 4 N–H and O–H groups in total. The molecule has 0 saturated carbocycles. The molecule has 3 atom stereocenters. The molecule has 1 aliphatic rings. The van der Waals surface area contributed by atoms with Gasteiger partial charge in [-0.15, -0.1) is 0 Å². The molecule has 1 saturated heterocycles. The predicted molar refractivity (Wildman–Crippen MR) is 93.6 cm³/mol. The van der Waals surface area contributed by atoms with Crippen molar-refractivity contribution in [3.8, 4) is 0 Å². The summed E-state index contributed by atoms with van der Waals surface area (Å²) < 4.78 is 0. The molecule has 0 aliphatic carbocycles. The molecule has 134 valence electrons. The van der Waals surface area contributed by atoms with E-state index in [4.69, 9.17) is 11.5 Å². The Bertz CT molecular complexity index is 373. The number of rotatable bonds is 12. The topological polar surface area (TPSA) is 89.4 Å². The highest BCUT2D eigenvalue weighted by Gasteiger charge is 2.46. The molecule has 0 spiro atoms. The van der Waals surface area contributed by atoms with Gasteiger partial charge in [0.15, 0.2) is 0 Å². The Labute approximate surface area is 141 Å². The number of carbonyl (C=O) groups is 2. The third kappa shape index (κ3) is 6.13. The summed E-state index contributed by atoms with van der Waals surface area (Å²) in [6.07, 6.45) is 10.3. The molecule has 1 rings (SSSR count). The minimum absolute atomic E-state index is 0.0866. The van der Waals surface area contributed by atoms with Gasteiger partial charge in [-0.2, -0.15) is 0 Å². The fourth-order valence-electron chi connectivity index (χ4n) is 3.79. The van der Waals surface area contributed by atoms with Crippen LogP contribution in [0.1, 0.15) is 71.6 Å². The van der Waals surface area contributed by atoms with Gasteiger partial charge in [-0.05, 0) is 19.4 Å². The SMILES string of the molecule is CCCCCCC1C(C(N)=O)C(C(N)=O)CN1CCCCCC. The quantitative estimate of drug-likeness (QED) is 0.540. The fraction of sp³-hybridized carbons (Fsp3) is 0.889. The molecule has 23 heavy (non-hydrogen) atoms. The van der Waals surface area contributed by atoms with E-state index in [1.165, 1.54) is 38.5 Å². The predicted octanol–water partition coefficient (Wildman–Crippen LogP) is 2.42. The van der Waals surface area contributed by atoms with Crippen LogP contribution < -0.4 is 11.5 Å². The largest absolute Gasteiger partial charge is 0.369 e. The Hall–Kier alpha value is -1.10. The summed E-state index contributed by atoms with van der Waals surface area (Å²) in [5.74, 6) is -1.59. The van der Waals surface area contributed by atoms with Crippen LogP contribution in [0.25, 0.3) is 0 Å². The summed E-state index contributed by atoms with van der Waals surface area (Å²) in [6, 6.07) is 0.0866. The minimum atomic E-state index is -0.421. The molecule has 5 heteroatoms. The zero-order valence-corrected chi connectivity index (χ0v) is 14.9. The van der Waals surface area contributed by atoms with E-state index in [0.717, 1.165) is 25.8 Å². The second-order valence-corrected chi connectivity index (χ2v) is 6.91. The molecule has 0 bridgehead atoms. The van der Waals surface area contributed by atoms with E-state index in [-0.39, 0.29) is 17.9 Å². The lowest BCUT2D eigenvalue weighted by Crippen LogP contribution is -2.41. The highest BCUT2D eigenvalue weighted by Crippen LogP contribution is 2.33. The van der Waals surface area contributed by atoms with Crippen LogP contribution in [-0.2, 0) is 9.59 Å². The standard InChI is InChI=1S/C18H35N3O2/c1-3-5-7-9-11-15-16(18(20)23)14(17(19)22)13-21(15)12-10-8-6-4-2/h14-16H,3-13H2,1-2H3,(H2,19,22)(H2,20,23). The molecule has 0 radical (unpaired) electrons. The van der Waals surface area contributed by atoms with Crippen molar-refractivity contribution in [1.29, 1.82) is 0 Å². The highest BCUT2D eigenvalue weighted by atomic mass is 16.2. The molecule has 1 aliphatic heterocycles. The van der Waals surface area contributed by atoms with Gasteiger partial charge >= 0.3 is 0 Å². The van der Waals surface area contributed by atoms with Crippen molar-refractivity contribution >= 4 is 11.8 Å². The maximum absolute atomic E-state index is 11.9. The van der Waals surface area contributed by atoms with Crippen molar-refractivity contribution in [3.63, 3.8) is 0 Å². The monoisotopic (exact) mass is 325 g/mol. The van der Waals surface area contributed by atoms with Crippen molar-refractivity contribution < 1.29 is 9.59 Å². The molecule has 2 amide bonds. The Morgan fingerprint density at radius 2 is 1.52 bits per heavy atom. The molecule has 1 heterocycles. The second-order valence-electron chi connectivity index (χ2n) is 6.91. The van der Waals surface area contributed by atoms with Gasteiger partial charge in [0, 0.05) is 12.6 Å². The summed E-state index contributed by atoms with van der Waals surface area (Å²) in [5.41, 5.74) is 11.1. The molecule has 0 aromatic heterocycles. The highest BCUT2D eigenvalue weighted by molar-refractivity contribution is 5.87. The summed E-state index contributed by atoms with van der Waals surface area (Å²) in [6.45, 7) is 5.91. The Balaban J connectivity index is 2.70. The molecular weight excluding hydrogens is 290 g/mol. The van der Waals surface area contributed by atoms with Crippen LogP contribution >= 0.6 is 0 Å². The Morgan fingerprint density at radius 1 is 0.913 bits per heavy atom. The maximum atomic E-state index is 11.9. The van der Waals surface area contributed by atoms with E-state index < -0.39 is 11.8 Å². The summed E-state index contributed by atoms with van der Waals surface area (Å²) >= 11 is 0. The van der Waals surface area contributed by atoms with Crippen molar-refractivity contribution in [1.82, 2.24) is 4.90 Å². The number of amides is 2. The lowest BCUT2D eigenvalue weighted by molar-refractivity contribution is -0.130. The van der Waals surface area contributed by atoms with Crippen LogP contribution in [0.2, 0.25) is 0 Å². The van der Waals surface area contributed by atoms with Crippen LogP contribution in [0.3, 0.4) is 0 Å². The second kappa shape index (κ2) is 10.6. The van der Waals surface area contributed by atoms with E-state index in [0.29, 0.717) is 6.54 Å². The molecular formula is C18H35N3O2. The number of unbranched alkanes of at least 4 members (excludes halogenated alkanes) is 6. The first kappa shape index (κ1) is 19.9. The smallest absolute Gasteiger partial charge is 0.222 e. The van der Waals surface area contributed by atoms with E-state index in [1.807, 2.05) is 0 Å². The average Bonchev–Trinajstić information content (AvgIpc) is 2.87. The summed E-state index contributed by atoms with van der Waals surface area (Å²) in [5, 5.41) is 0. The normalized spacial score (nSPS) is 24.9. The van der Waals surface area contributed by atoms with Gasteiger partial charge < -0.3 is 11.5 Å². The van der Waals surface area contributed by atoms with Crippen molar-refractivity contribution in [2.45, 2.75) is 77.7 Å². The molecule has 3 unspecified atom stereocenters. The average molecular weight is 325 g/mol. The van der Waals surface area contributed by atoms with E-state index in [9.17, 15) is 9.59 Å². The molecule has 0 aromatic carbocycles. The Kier molecular flexibility index (Phi) is 9.22. The van der Waals surface area contributed by atoms with Gasteiger partial charge in [0.05, 0.1) is 11.8 Å². The number of likely N-dealkylation sites (tertiary alicyclic amines) is 1. The van der Waals surface area contributed by atoms with Gasteiger partial charge in [0.2, 0.25) is 11.8 Å². The number of nitrogens with two attached hydrogens (primary N) is 2. The van der Waals surface area contributed by atoms with Gasteiger partial charge in [-0.25, -0.2) is 0 Å². The van der Waals surface area contributed by atoms with Crippen LogP contribution in [0.4, 0.5) is 0 Å². The molecule has 1 fully saturated rings. The van der Waals surface area contributed by atoms with Gasteiger partial charge in [0.25, 0.3) is 0 Å². The Morgan fingerprint density at radius 3 is 2.04 bits per heavy atom. The molecule has 0 aromatic rings. The third-order valence-electron chi connectivity index (χ3n) is 5.09. The first-order valence-electron chi connectivity index (χ1n) is 9.35. The maximum Gasteiger partial charge on any atom is 0.222 e. The number of primary amides is 2. The van der Waals surface area contributed by atoms with Crippen molar-refractivity contribution in [2.75, 3.05) is 13.1 Å². The van der Waals surface area contributed by atoms with Crippen molar-refractivity contribution in [3.05, 3.63) is 0 Å². The van der Waals surface area contributed by atoms with Gasteiger partial charge in [-0.3, -0.25) is 14.5 Å².